The summed E-state index contributed by atoms with van der Waals surface area (Å²) in [6.45, 7) is 5.38. The number of ether oxygens (including phenoxy) is 1. The molecule has 1 N–H and O–H groups in total. The van der Waals surface area contributed by atoms with Gasteiger partial charge in [0.15, 0.2) is 11.6 Å². The molecule has 1 aromatic rings. The van der Waals surface area contributed by atoms with Crippen molar-refractivity contribution in [2.45, 2.75) is 38.1 Å². The molecule has 2 nitrogen and oxygen atoms in total. The summed E-state index contributed by atoms with van der Waals surface area (Å²) < 4.78 is 18.7. The first-order valence-electron chi connectivity index (χ1n) is 6.19. The number of hydrogen-bond acceptors (Lipinski definition) is 2. The van der Waals surface area contributed by atoms with Crippen molar-refractivity contribution in [3.05, 3.63) is 29.6 Å². The van der Waals surface area contributed by atoms with Crippen molar-refractivity contribution in [1.82, 2.24) is 5.32 Å². The van der Waals surface area contributed by atoms with E-state index in [9.17, 15) is 4.39 Å². The minimum atomic E-state index is -0.270. The molecule has 0 radical (unpaired) electrons. The predicted octanol–water partition coefficient (Wildman–Crippen LogP) is 2.86. The van der Waals surface area contributed by atoms with Gasteiger partial charge in [-0.25, -0.2) is 4.39 Å². The van der Waals surface area contributed by atoms with E-state index >= 15 is 0 Å². The molecule has 1 saturated heterocycles. The van der Waals surface area contributed by atoms with E-state index in [-0.39, 0.29) is 11.2 Å². The maximum atomic E-state index is 13.8. The van der Waals surface area contributed by atoms with Gasteiger partial charge in [0.1, 0.15) is 0 Å². The Hall–Kier alpha value is -1.09. The average Bonchev–Trinajstić information content (AvgIpc) is 2.71. The molecule has 17 heavy (non-hydrogen) atoms. The summed E-state index contributed by atoms with van der Waals surface area (Å²) in [7, 11) is 1.49. The van der Waals surface area contributed by atoms with Crippen LogP contribution in [0.25, 0.3) is 0 Å². The Morgan fingerprint density at radius 3 is 2.88 bits per heavy atom. The summed E-state index contributed by atoms with van der Waals surface area (Å²) in [4.78, 5) is 0. The van der Waals surface area contributed by atoms with Gasteiger partial charge in [-0.3, -0.25) is 0 Å². The van der Waals surface area contributed by atoms with Crippen LogP contribution >= 0.6 is 0 Å². The molecule has 1 fully saturated rings. The van der Waals surface area contributed by atoms with Gasteiger partial charge in [0.25, 0.3) is 0 Å². The van der Waals surface area contributed by atoms with Crippen LogP contribution in [0.5, 0.6) is 5.75 Å². The quantitative estimate of drug-likeness (QED) is 0.872. The normalized spacial score (nSPS) is 28.4. The van der Waals surface area contributed by atoms with Crippen molar-refractivity contribution in [2.75, 3.05) is 13.7 Å². The van der Waals surface area contributed by atoms with Gasteiger partial charge in [-0.1, -0.05) is 19.9 Å². The van der Waals surface area contributed by atoms with Gasteiger partial charge in [-0.05, 0) is 37.1 Å². The lowest BCUT2D eigenvalue weighted by atomic mass is 9.75. The first kappa shape index (κ1) is 12.4. The van der Waals surface area contributed by atoms with Gasteiger partial charge in [0.05, 0.1) is 7.11 Å². The molecular weight excluding hydrogens is 217 g/mol. The zero-order valence-electron chi connectivity index (χ0n) is 10.7. The molecular formula is C14H20FNO. The van der Waals surface area contributed by atoms with Crippen LogP contribution in [0.4, 0.5) is 4.39 Å². The van der Waals surface area contributed by atoms with E-state index in [0.717, 1.165) is 24.9 Å². The largest absolute Gasteiger partial charge is 0.494 e. The molecule has 2 atom stereocenters. The van der Waals surface area contributed by atoms with Crippen LogP contribution in [0, 0.1) is 5.82 Å². The van der Waals surface area contributed by atoms with Crippen LogP contribution in [0.3, 0.4) is 0 Å². The lowest BCUT2D eigenvalue weighted by Gasteiger charge is -2.31. The first-order chi connectivity index (χ1) is 8.11. The van der Waals surface area contributed by atoms with Crippen LogP contribution in [-0.2, 0) is 5.41 Å². The molecule has 1 aliphatic heterocycles. The number of methoxy groups -OCH3 is 1. The highest BCUT2D eigenvalue weighted by atomic mass is 19.1. The molecule has 0 aromatic heterocycles. The topological polar surface area (TPSA) is 21.3 Å². The maximum Gasteiger partial charge on any atom is 0.165 e. The molecule has 2 unspecified atom stereocenters. The van der Waals surface area contributed by atoms with E-state index in [0.29, 0.717) is 11.8 Å². The first-order valence-corrected chi connectivity index (χ1v) is 6.19. The molecule has 0 saturated carbocycles. The highest BCUT2D eigenvalue weighted by Gasteiger charge is 2.39. The Balaban J connectivity index is 2.36. The Bertz CT molecular complexity index is 407. The van der Waals surface area contributed by atoms with Gasteiger partial charge in [0.2, 0.25) is 0 Å². The molecule has 3 heteroatoms. The lowest BCUT2D eigenvalue weighted by Crippen LogP contribution is -2.37. The number of hydrogen-bond donors (Lipinski definition) is 1. The molecule has 1 aromatic carbocycles. The van der Waals surface area contributed by atoms with Gasteiger partial charge in [0, 0.05) is 11.5 Å². The van der Waals surface area contributed by atoms with Crippen LogP contribution < -0.4 is 10.1 Å². The van der Waals surface area contributed by atoms with Crippen LogP contribution in [-0.4, -0.2) is 19.7 Å². The third-order valence-electron chi connectivity index (χ3n) is 4.02. The summed E-state index contributed by atoms with van der Waals surface area (Å²) in [6.07, 6.45) is 2.11. The highest BCUT2D eigenvalue weighted by molar-refractivity contribution is 5.35. The monoisotopic (exact) mass is 237 g/mol. The molecule has 1 aliphatic rings. The number of halogens is 1. The molecule has 0 bridgehead atoms. The Labute approximate surface area is 102 Å². The van der Waals surface area contributed by atoms with Crippen LogP contribution in [0.2, 0.25) is 0 Å². The highest BCUT2D eigenvalue weighted by Crippen LogP contribution is 2.37. The number of benzene rings is 1. The smallest absolute Gasteiger partial charge is 0.165 e. The van der Waals surface area contributed by atoms with Gasteiger partial charge >= 0.3 is 0 Å². The molecule has 1 heterocycles. The SMILES string of the molecule is CCC1NCCC1(C)c1ccc(OC)c(F)c1. The third-order valence-corrected chi connectivity index (χ3v) is 4.02. The second-order valence-corrected chi connectivity index (χ2v) is 4.93. The van der Waals surface area contributed by atoms with Crippen LogP contribution in [0.1, 0.15) is 32.3 Å². The zero-order chi connectivity index (χ0) is 12.5. The third kappa shape index (κ3) is 2.04. The molecule has 0 aliphatic carbocycles. The fourth-order valence-electron chi connectivity index (χ4n) is 2.87. The maximum absolute atomic E-state index is 13.8. The lowest BCUT2D eigenvalue weighted by molar-refractivity contribution is 0.375. The number of rotatable bonds is 3. The van der Waals surface area contributed by atoms with Crippen molar-refractivity contribution in [3.63, 3.8) is 0 Å². The minimum absolute atomic E-state index is 0.0296. The predicted molar refractivity (Wildman–Crippen MR) is 67.0 cm³/mol. The second-order valence-electron chi connectivity index (χ2n) is 4.93. The van der Waals surface area contributed by atoms with Crippen LogP contribution in [0.15, 0.2) is 18.2 Å². The van der Waals surface area contributed by atoms with Crippen molar-refractivity contribution >= 4 is 0 Å². The van der Waals surface area contributed by atoms with Crippen molar-refractivity contribution < 1.29 is 9.13 Å². The zero-order valence-corrected chi connectivity index (χ0v) is 10.7. The molecule has 2 rings (SSSR count). The van der Waals surface area contributed by atoms with Gasteiger partial charge < -0.3 is 10.1 Å². The summed E-state index contributed by atoms with van der Waals surface area (Å²) in [6, 6.07) is 5.75. The fraction of sp³-hybridized carbons (Fsp3) is 0.571. The second kappa shape index (κ2) is 4.65. The summed E-state index contributed by atoms with van der Waals surface area (Å²) >= 11 is 0. The van der Waals surface area contributed by atoms with E-state index in [2.05, 4.69) is 19.2 Å². The summed E-state index contributed by atoms with van der Waals surface area (Å²) in [5.41, 5.74) is 1.09. The average molecular weight is 237 g/mol. The van der Waals surface area contributed by atoms with Gasteiger partial charge in [-0.15, -0.1) is 0 Å². The van der Waals surface area contributed by atoms with Crippen molar-refractivity contribution in [2.24, 2.45) is 0 Å². The van der Waals surface area contributed by atoms with E-state index in [4.69, 9.17) is 4.74 Å². The fourth-order valence-corrected chi connectivity index (χ4v) is 2.87. The Morgan fingerprint density at radius 1 is 1.53 bits per heavy atom. The number of nitrogens with one attached hydrogen (secondary N) is 1. The van der Waals surface area contributed by atoms with E-state index in [1.807, 2.05) is 6.07 Å². The van der Waals surface area contributed by atoms with Crippen molar-refractivity contribution in [3.8, 4) is 5.75 Å². The molecule has 94 valence electrons. The molecule has 0 spiro atoms. The van der Waals surface area contributed by atoms with E-state index in [1.54, 1.807) is 12.1 Å². The van der Waals surface area contributed by atoms with Gasteiger partial charge in [-0.2, -0.15) is 0 Å². The van der Waals surface area contributed by atoms with E-state index in [1.165, 1.54) is 7.11 Å². The Kier molecular flexibility index (Phi) is 3.38. The van der Waals surface area contributed by atoms with Crippen molar-refractivity contribution in [1.29, 1.82) is 0 Å². The summed E-state index contributed by atoms with van der Waals surface area (Å²) in [5.74, 6) is 0.0457. The standard InChI is InChI=1S/C14H20FNO/c1-4-13-14(2,7-8-16-13)10-5-6-12(17-3)11(15)9-10/h5-6,9,13,16H,4,7-8H2,1-3H3. The minimum Gasteiger partial charge on any atom is -0.494 e. The Morgan fingerprint density at radius 2 is 2.29 bits per heavy atom. The van der Waals surface area contributed by atoms with E-state index < -0.39 is 0 Å². The molecule has 0 amide bonds. The summed E-state index contributed by atoms with van der Waals surface area (Å²) in [5, 5.41) is 3.49.